The molecule has 0 saturated carbocycles. The summed E-state index contributed by atoms with van der Waals surface area (Å²) in [7, 11) is 0. The minimum absolute atomic E-state index is 0.476. The molecular formula is C20H22N2O3. The minimum Gasteiger partial charge on any atom is -0.490 e. The third-order valence-electron chi connectivity index (χ3n) is 3.97. The number of para-hydroxylation sites is 4. The lowest BCUT2D eigenvalue weighted by atomic mass is 10.3. The Morgan fingerprint density at radius 2 is 1.72 bits per heavy atom. The second-order valence-corrected chi connectivity index (χ2v) is 5.66. The summed E-state index contributed by atoms with van der Waals surface area (Å²) in [6.45, 7) is 3.91. The number of ether oxygens (including phenoxy) is 2. The summed E-state index contributed by atoms with van der Waals surface area (Å²) < 4.78 is 13.4. The van der Waals surface area contributed by atoms with Crippen molar-refractivity contribution in [3.8, 4) is 11.5 Å². The van der Waals surface area contributed by atoms with E-state index in [2.05, 4.69) is 4.98 Å². The highest BCUT2D eigenvalue weighted by molar-refractivity contribution is 5.82. The van der Waals surface area contributed by atoms with Crippen LogP contribution in [0.4, 0.5) is 0 Å². The Bertz CT molecular complexity index is 842. The molecule has 0 aliphatic carbocycles. The summed E-state index contributed by atoms with van der Waals surface area (Å²) in [5, 5.41) is 0. The maximum absolute atomic E-state index is 11.2. The zero-order valence-corrected chi connectivity index (χ0v) is 14.4. The van der Waals surface area contributed by atoms with Gasteiger partial charge in [0.2, 0.25) is 0 Å². The zero-order chi connectivity index (χ0) is 17.5. The summed E-state index contributed by atoms with van der Waals surface area (Å²) >= 11 is 0. The minimum atomic E-state index is 0.476. The molecule has 0 saturated heterocycles. The number of carbonyl (C=O) groups excluding carboxylic acids is 1. The molecule has 0 atom stereocenters. The normalized spacial score (nSPS) is 10.8. The van der Waals surface area contributed by atoms with Crippen LogP contribution in [0.5, 0.6) is 11.5 Å². The number of benzene rings is 2. The van der Waals surface area contributed by atoms with Crippen molar-refractivity contribution in [2.24, 2.45) is 0 Å². The largest absolute Gasteiger partial charge is 0.490 e. The first kappa shape index (κ1) is 17.0. The first-order valence-corrected chi connectivity index (χ1v) is 8.58. The first-order chi connectivity index (χ1) is 12.3. The molecule has 130 valence electrons. The van der Waals surface area contributed by atoms with Crippen LogP contribution < -0.4 is 9.47 Å². The molecule has 0 radical (unpaired) electrons. The molecule has 1 aromatic heterocycles. The maximum Gasteiger partial charge on any atom is 0.185 e. The number of hydrogen-bond acceptors (Lipinski definition) is 4. The van der Waals surface area contributed by atoms with Gasteiger partial charge in [0, 0.05) is 6.54 Å². The molecule has 1 heterocycles. The molecule has 0 fully saturated rings. The number of aromatic nitrogens is 2. The van der Waals surface area contributed by atoms with Crippen molar-refractivity contribution < 1.29 is 14.3 Å². The Morgan fingerprint density at radius 1 is 1.00 bits per heavy atom. The van der Waals surface area contributed by atoms with E-state index in [9.17, 15) is 4.79 Å². The number of hydrogen-bond donors (Lipinski definition) is 0. The van der Waals surface area contributed by atoms with Crippen LogP contribution in [0.15, 0.2) is 48.5 Å². The molecule has 0 spiro atoms. The molecule has 0 aliphatic rings. The van der Waals surface area contributed by atoms with E-state index in [4.69, 9.17) is 9.47 Å². The van der Waals surface area contributed by atoms with Crippen molar-refractivity contribution in [2.45, 2.75) is 26.3 Å². The zero-order valence-electron chi connectivity index (χ0n) is 14.4. The van der Waals surface area contributed by atoms with Gasteiger partial charge in [-0.05, 0) is 44.0 Å². The van der Waals surface area contributed by atoms with Gasteiger partial charge >= 0.3 is 0 Å². The van der Waals surface area contributed by atoms with Crippen molar-refractivity contribution in [1.82, 2.24) is 9.55 Å². The van der Waals surface area contributed by atoms with Crippen molar-refractivity contribution in [3.05, 3.63) is 54.4 Å². The van der Waals surface area contributed by atoms with E-state index >= 15 is 0 Å². The number of fused-ring (bicyclic) bond motifs is 1. The summed E-state index contributed by atoms with van der Waals surface area (Å²) in [6, 6.07) is 15.5. The van der Waals surface area contributed by atoms with Crippen LogP contribution in [0.1, 0.15) is 30.4 Å². The van der Waals surface area contributed by atoms with Gasteiger partial charge in [0.1, 0.15) is 0 Å². The van der Waals surface area contributed by atoms with Gasteiger partial charge in [0.25, 0.3) is 0 Å². The molecule has 2 aromatic carbocycles. The average Bonchev–Trinajstić information content (AvgIpc) is 3.01. The van der Waals surface area contributed by atoms with Gasteiger partial charge in [0.05, 0.1) is 24.2 Å². The quantitative estimate of drug-likeness (QED) is 0.435. The van der Waals surface area contributed by atoms with Crippen LogP contribution in [-0.2, 0) is 6.54 Å². The molecule has 5 heteroatoms. The van der Waals surface area contributed by atoms with Gasteiger partial charge in [-0.2, -0.15) is 0 Å². The van der Waals surface area contributed by atoms with Crippen molar-refractivity contribution in [1.29, 1.82) is 0 Å². The summed E-state index contributed by atoms with van der Waals surface area (Å²) in [6.07, 6.45) is 2.60. The third-order valence-corrected chi connectivity index (χ3v) is 3.97. The lowest BCUT2D eigenvalue weighted by Crippen LogP contribution is -2.06. The van der Waals surface area contributed by atoms with Crippen molar-refractivity contribution in [3.63, 3.8) is 0 Å². The van der Waals surface area contributed by atoms with Crippen LogP contribution in [0.3, 0.4) is 0 Å². The number of nitrogens with zero attached hydrogens (tertiary/aromatic N) is 2. The van der Waals surface area contributed by atoms with E-state index in [-0.39, 0.29) is 0 Å². The van der Waals surface area contributed by atoms with E-state index in [0.717, 1.165) is 48.2 Å². The Morgan fingerprint density at radius 3 is 2.48 bits per heavy atom. The number of carbonyl (C=O) groups is 1. The molecule has 0 unspecified atom stereocenters. The SMILES string of the molecule is CCOc1ccccc1OCCCCn1c(C=O)nc2ccccc21. The molecular weight excluding hydrogens is 316 g/mol. The van der Waals surface area contributed by atoms with E-state index in [1.807, 2.05) is 60.0 Å². The fraction of sp³-hybridized carbons (Fsp3) is 0.300. The number of imidazole rings is 1. The number of aryl methyl sites for hydroxylation is 1. The van der Waals surface area contributed by atoms with Crippen molar-refractivity contribution in [2.75, 3.05) is 13.2 Å². The standard InChI is InChI=1S/C20H22N2O3/c1-2-24-18-11-5-6-12-19(18)25-14-8-7-13-22-17-10-4-3-9-16(17)21-20(22)15-23/h3-6,9-12,15H,2,7-8,13-14H2,1H3. The molecule has 0 aliphatic heterocycles. The molecule has 0 bridgehead atoms. The highest BCUT2D eigenvalue weighted by Gasteiger charge is 2.09. The topological polar surface area (TPSA) is 53.4 Å². The molecule has 25 heavy (non-hydrogen) atoms. The predicted octanol–water partition coefficient (Wildman–Crippen LogP) is 4.11. The molecule has 3 aromatic rings. The van der Waals surface area contributed by atoms with Gasteiger partial charge in [-0.1, -0.05) is 24.3 Å². The lowest BCUT2D eigenvalue weighted by molar-refractivity contribution is 0.111. The Kier molecular flexibility index (Phi) is 5.67. The smallest absolute Gasteiger partial charge is 0.185 e. The third kappa shape index (κ3) is 3.99. The van der Waals surface area contributed by atoms with E-state index in [1.165, 1.54) is 0 Å². The summed E-state index contributed by atoms with van der Waals surface area (Å²) in [5.74, 6) is 2.02. The van der Waals surface area contributed by atoms with Gasteiger partial charge in [0.15, 0.2) is 23.6 Å². The van der Waals surface area contributed by atoms with Crippen molar-refractivity contribution >= 4 is 17.3 Å². The highest BCUT2D eigenvalue weighted by Crippen LogP contribution is 2.26. The highest BCUT2D eigenvalue weighted by atomic mass is 16.5. The number of rotatable bonds is 9. The van der Waals surface area contributed by atoms with Gasteiger partial charge in [-0.15, -0.1) is 0 Å². The Hall–Kier alpha value is -2.82. The summed E-state index contributed by atoms with van der Waals surface area (Å²) in [5.41, 5.74) is 1.85. The van der Waals surface area contributed by atoms with E-state index in [0.29, 0.717) is 19.0 Å². The predicted molar refractivity (Wildman–Crippen MR) is 97.5 cm³/mol. The molecule has 3 rings (SSSR count). The van der Waals surface area contributed by atoms with Crippen LogP contribution >= 0.6 is 0 Å². The van der Waals surface area contributed by atoms with Gasteiger partial charge in [-0.25, -0.2) is 4.98 Å². The molecule has 0 amide bonds. The van der Waals surface area contributed by atoms with Gasteiger partial charge < -0.3 is 14.0 Å². The van der Waals surface area contributed by atoms with E-state index < -0.39 is 0 Å². The first-order valence-electron chi connectivity index (χ1n) is 8.58. The maximum atomic E-state index is 11.2. The second kappa shape index (κ2) is 8.33. The Labute approximate surface area is 147 Å². The van der Waals surface area contributed by atoms with Crippen LogP contribution in [0.2, 0.25) is 0 Å². The number of aldehydes is 1. The second-order valence-electron chi connectivity index (χ2n) is 5.66. The Balaban J connectivity index is 1.55. The van der Waals surface area contributed by atoms with Gasteiger partial charge in [-0.3, -0.25) is 4.79 Å². The van der Waals surface area contributed by atoms with Crippen LogP contribution in [0, 0.1) is 0 Å². The number of unbranched alkanes of at least 4 members (excludes halogenated alkanes) is 1. The lowest BCUT2D eigenvalue weighted by Gasteiger charge is -2.12. The van der Waals surface area contributed by atoms with E-state index in [1.54, 1.807) is 0 Å². The fourth-order valence-electron chi connectivity index (χ4n) is 2.82. The monoisotopic (exact) mass is 338 g/mol. The molecule has 0 N–H and O–H groups in total. The molecule has 5 nitrogen and oxygen atoms in total. The van der Waals surface area contributed by atoms with Crippen LogP contribution in [0.25, 0.3) is 11.0 Å². The fourth-order valence-corrected chi connectivity index (χ4v) is 2.82. The van der Waals surface area contributed by atoms with Crippen LogP contribution in [-0.4, -0.2) is 29.1 Å². The average molecular weight is 338 g/mol. The summed E-state index contributed by atoms with van der Waals surface area (Å²) in [4.78, 5) is 15.6.